The lowest BCUT2D eigenvalue weighted by atomic mass is 9.86. The van der Waals surface area contributed by atoms with E-state index in [0.29, 0.717) is 11.4 Å². The Hall–Kier alpha value is -2.38. The van der Waals surface area contributed by atoms with Crippen LogP contribution in [0.5, 0.6) is 5.75 Å². The summed E-state index contributed by atoms with van der Waals surface area (Å²) >= 11 is 0. The highest BCUT2D eigenvalue weighted by Crippen LogP contribution is 2.33. The fraction of sp³-hybridized carbons (Fsp3) is 0.708. The van der Waals surface area contributed by atoms with E-state index in [-0.39, 0.29) is 43.1 Å². The van der Waals surface area contributed by atoms with Gasteiger partial charge in [0, 0.05) is 57.4 Å². The molecule has 5 N–H and O–H groups in total. The zero-order chi connectivity index (χ0) is 25.2. The molecule has 1 aromatic rings. The number of fused-ring (bicyclic) bond motifs is 1. The van der Waals surface area contributed by atoms with Crippen molar-refractivity contribution in [2.45, 2.75) is 50.3 Å². The average molecular weight is 505 g/mol. The summed E-state index contributed by atoms with van der Waals surface area (Å²) in [4.78, 5) is 34.5. The molecular weight excluding hydrogens is 467 g/mol. The topological polar surface area (TPSA) is 128 Å². The largest absolute Gasteiger partial charge is 0.488 e. The number of anilines is 1. The molecule has 0 aromatic carbocycles. The van der Waals surface area contributed by atoms with Gasteiger partial charge >= 0.3 is 0 Å². The van der Waals surface area contributed by atoms with E-state index in [1.807, 2.05) is 4.90 Å². The molecule has 4 heterocycles. The van der Waals surface area contributed by atoms with E-state index in [1.165, 1.54) is 0 Å². The van der Waals surface area contributed by atoms with Gasteiger partial charge in [-0.25, -0.2) is 14.8 Å². The van der Waals surface area contributed by atoms with Crippen LogP contribution in [0.1, 0.15) is 25.7 Å². The minimum Gasteiger partial charge on any atom is -0.488 e. The summed E-state index contributed by atoms with van der Waals surface area (Å²) < 4.78 is 20.0. The van der Waals surface area contributed by atoms with Crippen molar-refractivity contribution >= 4 is 17.5 Å². The Morgan fingerprint density at radius 2 is 1.94 bits per heavy atom. The van der Waals surface area contributed by atoms with Crippen LogP contribution in [0, 0.1) is 11.8 Å². The molecule has 4 aliphatic rings. The predicted octanol–water partition coefficient (Wildman–Crippen LogP) is -0.280. The summed E-state index contributed by atoms with van der Waals surface area (Å²) in [6.07, 6.45) is 4.26. The minimum absolute atomic E-state index is 0.0352. The third-order valence-electron chi connectivity index (χ3n) is 7.79. The Morgan fingerprint density at radius 1 is 1.19 bits per heavy atom. The highest BCUT2D eigenvalue weighted by molar-refractivity contribution is 5.94. The summed E-state index contributed by atoms with van der Waals surface area (Å²) in [5.74, 6) is -0.0299. The molecule has 0 bridgehead atoms. The number of halogens is 1. The number of amides is 2. The minimum atomic E-state index is -1.02. The maximum absolute atomic E-state index is 13.7. The van der Waals surface area contributed by atoms with Crippen molar-refractivity contribution in [3.05, 3.63) is 18.5 Å². The molecule has 1 aromatic heterocycles. The molecule has 4 unspecified atom stereocenters. The Labute approximate surface area is 210 Å². The normalized spacial score (nSPS) is 33.7. The summed E-state index contributed by atoms with van der Waals surface area (Å²) in [5, 5.41) is 7.64. The second-order valence-corrected chi connectivity index (χ2v) is 10.4. The van der Waals surface area contributed by atoms with Gasteiger partial charge in [0.1, 0.15) is 17.6 Å². The van der Waals surface area contributed by atoms with Crippen molar-refractivity contribution in [1.29, 1.82) is 0 Å². The number of piperazine rings is 1. The molecule has 4 fully saturated rings. The van der Waals surface area contributed by atoms with E-state index < -0.39 is 18.3 Å². The van der Waals surface area contributed by atoms with Gasteiger partial charge in [-0.1, -0.05) is 0 Å². The number of carbonyl (C=O) groups excluding carboxylic acids is 2. The lowest BCUT2D eigenvalue weighted by molar-refractivity contribution is -0.138. The summed E-state index contributed by atoms with van der Waals surface area (Å²) in [5.41, 5.74) is 9.63. The van der Waals surface area contributed by atoms with E-state index in [1.54, 1.807) is 23.5 Å². The second-order valence-electron chi connectivity index (χ2n) is 10.4. The molecule has 198 valence electrons. The SMILES string of the molecule is CN1CCN(C(=O)[C@H]2CC[C@@H](Oc3ccncc3NC(=O)C3C(N)NN4CC(F)CNC34)CC2)CC1. The van der Waals surface area contributed by atoms with Crippen LogP contribution in [0.4, 0.5) is 10.1 Å². The highest BCUT2D eigenvalue weighted by Gasteiger charge is 2.47. The van der Waals surface area contributed by atoms with Gasteiger partial charge in [0.05, 0.1) is 30.6 Å². The number of likely N-dealkylation sites (N-methyl/N-ethyl adjacent to an activating group) is 1. The van der Waals surface area contributed by atoms with Gasteiger partial charge in [-0.15, -0.1) is 0 Å². The average Bonchev–Trinajstić information content (AvgIpc) is 3.20. The molecule has 36 heavy (non-hydrogen) atoms. The monoisotopic (exact) mass is 504 g/mol. The molecule has 12 heteroatoms. The number of rotatable bonds is 5. The van der Waals surface area contributed by atoms with Crippen molar-refractivity contribution in [3.63, 3.8) is 0 Å². The molecule has 4 atom stereocenters. The van der Waals surface area contributed by atoms with Crippen LogP contribution in [-0.4, -0.2) is 103 Å². The number of pyridine rings is 1. The molecule has 1 saturated carbocycles. The van der Waals surface area contributed by atoms with Crippen molar-refractivity contribution in [1.82, 2.24) is 30.5 Å². The summed E-state index contributed by atoms with van der Waals surface area (Å²) in [7, 11) is 2.08. The lowest BCUT2D eigenvalue weighted by Crippen LogP contribution is -2.58. The Bertz CT molecular complexity index is 938. The molecule has 2 amide bonds. The third kappa shape index (κ3) is 5.47. The Morgan fingerprint density at radius 3 is 2.69 bits per heavy atom. The number of hydrogen-bond acceptors (Lipinski definition) is 9. The number of alkyl halides is 1. The predicted molar refractivity (Wildman–Crippen MR) is 131 cm³/mol. The molecule has 3 aliphatic heterocycles. The number of carbonyl (C=O) groups is 2. The molecule has 1 aliphatic carbocycles. The number of hydrogen-bond donors (Lipinski definition) is 4. The number of hydrazine groups is 1. The van der Waals surface area contributed by atoms with Gasteiger partial charge in [0.2, 0.25) is 11.8 Å². The van der Waals surface area contributed by atoms with Gasteiger partial charge in [0.25, 0.3) is 0 Å². The molecule has 3 saturated heterocycles. The second kappa shape index (κ2) is 10.9. The lowest BCUT2D eigenvalue weighted by Gasteiger charge is -2.36. The first kappa shape index (κ1) is 25.3. The van der Waals surface area contributed by atoms with Gasteiger partial charge in [-0.05, 0) is 32.7 Å². The van der Waals surface area contributed by atoms with Gasteiger partial charge in [-0.3, -0.25) is 19.9 Å². The third-order valence-corrected chi connectivity index (χ3v) is 7.79. The molecule has 5 rings (SSSR count). The van der Waals surface area contributed by atoms with E-state index in [9.17, 15) is 14.0 Å². The van der Waals surface area contributed by atoms with E-state index in [2.05, 4.69) is 33.0 Å². The number of nitrogens with one attached hydrogen (secondary N) is 3. The van der Waals surface area contributed by atoms with Crippen LogP contribution in [0.2, 0.25) is 0 Å². The van der Waals surface area contributed by atoms with E-state index in [0.717, 1.165) is 51.9 Å². The van der Waals surface area contributed by atoms with Crippen LogP contribution in [-0.2, 0) is 9.59 Å². The fourth-order valence-corrected chi connectivity index (χ4v) is 5.67. The van der Waals surface area contributed by atoms with Gasteiger partial charge < -0.3 is 25.6 Å². The maximum Gasteiger partial charge on any atom is 0.233 e. The smallest absolute Gasteiger partial charge is 0.233 e. The molecular formula is C24H37FN8O3. The number of ether oxygens (including phenoxy) is 1. The van der Waals surface area contributed by atoms with Crippen molar-refractivity contribution in [3.8, 4) is 5.75 Å². The Kier molecular flexibility index (Phi) is 7.68. The van der Waals surface area contributed by atoms with E-state index in [4.69, 9.17) is 10.5 Å². The Balaban J connectivity index is 1.16. The van der Waals surface area contributed by atoms with Gasteiger partial charge in [0.15, 0.2) is 0 Å². The zero-order valence-corrected chi connectivity index (χ0v) is 20.7. The van der Waals surface area contributed by atoms with Crippen molar-refractivity contribution in [2.75, 3.05) is 51.6 Å². The molecule has 0 radical (unpaired) electrons. The van der Waals surface area contributed by atoms with Crippen molar-refractivity contribution in [2.24, 2.45) is 17.6 Å². The molecule has 0 spiro atoms. The number of aromatic nitrogens is 1. The first-order valence-corrected chi connectivity index (χ1v) is 12.9. The highest BCUT2D eigenvalue weighted by atomic mass is 19.1. The van der Waals surface area contributed by atoms with Crippen LogP contribution >= 0.6 is 0 Å². The van der Waals surface area contributed by atoms with Crippen LogP contribution < -0.4 is 26.5 Å². The number of nitrogens with zero attached hydrogens (tertiary/aromatic N) is 4. The zero-order valence-electron chi connectivity index (χ0n) is 20.7. The van der Waals surface area contributed by atoms with Crippen molar-refractivity contribution < 1.29 is 18.7 Å². The fourth-order valence-electron chi connectivity index (χ4n) is 5.67. The van der Waals surface area contributed by atoms with E-state index >= 15 is 0 Å². The first-order valence-electron chi connectivity index (χ1n) is 12.9. The van der Waals surface area contributed by atoms with Crippen LogP contribution in [0.15, 0.2) is 18.5 Å². The van der Waals surface area contributed by atoms with Crippen LogP contribution in [0.25, 0.3) is 0 Å². The van der Waals surface area contributed by atoms with Gasteiger partial charge in [-0.2, -0.15) is 0 Å². The maximum atomic E-state index is 13.7. The quantitative estimate of drug-likeness (QED) is 0.428. The summed E-state index contributed by atoms with van der Waals surface area (Å²) in [6, 6.07) is 1.74. The molecule has 11 nitrogen and oxygen atoms in total. The first-order chi connectivity index (χ1) is 17.4. The van der Waals surface area contributed by atoms with Crippen LogP contribution in [0.3, 0.4) is 0 Å². The summed E-state index contributed by atoms with van der Waals surface area (Å²) in [6.45, 7) is 3.81. The standard InChI is InChI=1S/C24H37FN8O3/c1-31-8-10-32(11-9-31)24(35)15-2-4-17(5-3-15)36-19-6-7-27-13-18(19)29-23(34)20-21(26)30-33-14-16(25)12-28-22(20)33/h6-7,13,15-17,20-22,28,30H,2-5,8-12,14,26H2,1H3,(H,29,34)/t15-,16?,17+,20?,21?,22?. The number of nitrogens with two attached hydrogens (primary N) is 1.